The average molecular weight is 354 g/mol. The average Bonchev–Trinajstić information content (AvgIpc) is 2.64. The minimum absolute atomic E-state index is 0.111. The monoisotopic (exact) mass is 353 g/mol. The molecule has 0 bridgehead atoms. The molecule has 0 amide bonds. The first-order valence-corrected chi connectivity index (χ1v) is 7.96. The molecule has 3 aromatic heterocycles. The highest BCUT2D eigenvalue weighted by Gasteiger charge is 2.11. The van der Waals surface area contributed by atoms with Crippen molar-refractivity contribution in [2.45, 2.75) is 0 Å². The van der Waals surface area contributed by atoms with Crippen molar-refractivity contribution >= 4 is 33.9 Å². The van der Waals surface area contributed by atoms with Crippen LogP contribution < -0.4 is 10.1 Å². The minimum atomic E-state index is 0.111. The second kappa shape index (κ2) is 7.72. The highest BCUT2D eigenvalue weighted by Crippen LogP contribution is 2.20. The Morgan fingerprint density at radius 3 is 2.92 bits per heavy atom. The van der Waals surface area contributed by atoms with Gasteiger partial charge in [-0.2, -0.15) is 0 Å². The van der Waals surface area contributed by atoms with E-state index in [-0.39, 0.29) is 6.61 Å². The Kier molecular flexibility index (Phi) is 5.20. The molecule has 126 valence electrons. The van der Waals surface area contributed by atoms with Crippen LogP contribution in [0.25, 0.3) is 16.6 Å². The van der Waals surface area contributed by atoms with E-state index in [0.717, 1.165) is 11.1 Å². The smallest absolute Gasteiger partial charge is 0.138 e. The molecule has 0 unspecified atom stereocenters. The summed E-state index contributed by atoms with van der Waals surface area (Å²) >= 11 is 5.96. The van der Waals surface area contributed by atoms with Crippen molar-refractivity contribution in [3.05, 3.63) is 65.8 Å². The zero-order valence-electron chi connectivity index (χ0n) is 13.5. The van der Waals surface area contributed by atoms with Crippen molar-refractivity contribution in [3.63, 3.8) is 0 Å². The lowest BCUT2D eigenvalue weighted by Gasteiger charge is -2.11. The van der Waals surface area contributed by atoms with Gasteiger partial charge in [0.15, 0.2) is 0 Å². The van der Waals surface area contributed by atoms with E-state index < -0.39 is 0 Å². The largest absolute Gasteiger partial charge is 0.486 e. The molecule has 0 atom stereocenters. The first-order chi connectivity index (χ1) is 12.2. The fraction of sp³-hybridized carbons (Fsp3) is 0.111. The molecule has 25 heavy (non-hydrogen) atoms. The molecule has 6 nitrogen and oxygen atoms in total. The Labute approximate surface area is 150 Å². The van der Waals surface area contributed by atoms with Crippen LogP contribution in [0.5, 0.6) is 5.75 Å². The van der Waals surface area contributed by atoms with E-state index in [1.165, 1.54) is 0 Å². The van der Waals surface area contributed by atoms with Gasteiger partial charge < -0.3 is 15.5 Å². The second-order valence-corrected chi connectivity index (χ2v) is 5.59. The molecule has 0 radical (unpaired) electrons. The summed E-state index contributed by atoms with van der Waals surface area (Å²) in [5.41, 5.74) is 3.16. The number of nitrogens with zero attached hydrogens (tertiary/aromatic N) is 3. The van der Waals surface area contributed by atoms with Crippen LogP contribution >= 0.6 is 11.6 Å². The highest BCUT2D eigenvalue weighted by atomic mass is 35.5. The molecule has 0 aromatic carbocycles. The zero-order chi connectivity index (χ0) is 17.6. The lowest BCUT2D eigenvalue weighted by molar-refractivity contribution is 0.375. The van der Waals surface area contributed by atoms with Gasteiger partial charge >= 0.3 is 0 Å². The number of pyridine rings is 3. The van der Waals surface area contributed by atoms with Crippen LogP contribution in [0.4, 0.5) is 0 Å². The number of ether oxygens (including phenoxy) is 1. The number of hydrogen-bond acceptors (Lipinski definition) is 6. The van der Waals surface area contributed by atoms with Crippen molar-refractivity contribution in [2.24, 2.45) is 0 Å². The van der Waals surface area contributed by atoms with Gasteiger partial charge in [0, 0.05) is 36.8 Å². The van der Waals surface area contributed by atoms with Crippen LogP contribution in [0.2, 0.25) is 5.15 Å². The van der Waals surface area contributed by atoms with E-state index in [9.17, 15) is 0 Å². The molecule has 0 saturated carbocycles. The summed E-state index contributed by atoms with van der Waals surface area (Å²) < 4.78 is 5.61. The van der Waals surface area contributed by atoms with E-state index in [0.29, 0.717) is 27.7 Å². The Morgan fingerprint density at radius 1 is 1.28 bits per heavy atom. The maximum Gasteiger partial charge on any atom is 0.138 e. The van der Waals surface area contributed by atoms with Crippen LogP contribution in [0.15, 0.2) is 55.1 Å². The van der Waals surface area contributed by atoms with Crippen molar-refractivity contribution in [2.75, 3.05) is 13.7 Å². The topological polar surface area (TPSA) is 83.8 Å². The summed E-state index contributed by atoms with van der Waals surface area (Å²) in [5, 5.41) is 11.7. The summed E-state index contributed by atoms with van der Waals surface area (Å²) in [6.07, 6.45) is 6.73. The summed E-state index contributed by atoms with van der Waals surface area (Å²) in [7, 11) is 1.78. The minimum Gasteiger partial charge on any atom is -0.486 e. The lowest BCUT2D eigenvalue weighted by atomic mass is 10.0. The third-order valence-corrected chi connectivity index (χ3v) is 3.66. The van der Waals surface area contributed by atoms with Gasteiger partial charge in [0.05, 0.1) is 22.9 Å². The summed E-state index contributed by atoms with van der Waals surface area (Å²) in [6.45, 7) is 0.111. The van der Waals surface area contributed by atoms with Gasteiger partial charge in [-0.3, -0.25) is 9.97 Å². The Hall–Kier alpha value is -2.99. The molecular weight excluding hydrogens is 338 g/mol. The molecule has 0 saturated heterocycles. The molecule has 3 aromatic rings. The molecule has 0 spiro atoms. The summed E-state index contributed by atoms with van der Waals surface area (Å²) in [5.74, 6) is 0.612. The number of hydrogen-bond donors (Lipinski definition) is 2. The SMILES string of the molecule is CN/C=C(\C(=N)COc1cccnc1)c1cnc2ccc(Cl)nc2c1. The van der Waals surface area contributed by atoms with Gasteiger partial charge in [-0.05, 0) is 30.3 Å². The normalized spacial score (nSPS) is 11.4. The predicted molar refractivity (Wildman–Crippen MR) is 99.0 cm³/mol. The third kappa shape index (κ3) is 4.10. The van der Waals surface area contributed by atoms with Crippen LogP contribution in [0, 0.1) is 5.41 Å². The number of halogens is 1. The molecule has 0 aliphatic carbocycles. The van der Waals surface area contributed by atoms with Crippen LogP contribution in [-0.2, 0) is 0 Å². The van der Waals surface area contributed by atoms with Gasteiger partial charge in [-0.15, -0.1) is 0 Å². The van der Waals surface area contributed by atoms with Crippen LogP contribution in [-0.4, -0.2) is 34.3 Å². The van der Waals surface area contributed by atoms with E-state index in [4.69, 9.17) is 21.7 Å². The molecule has 3 heterocycles. The fourth-order valence-corrected chi connectivity index (χ4v) is 2.44. The summed E-state index contributed by atoms with van der Waals surface area (Å²) in [6, 6.07) is 8.95. The molecule has 0 aliphatic heterocycles. The first kappa shape index (κ1) is 16.9. The molecule has 0 aliphatic rings. The molecular formula is C18H16ClN5O. The number of nitrogens with one attached hydrogen (secondary N) is 2. The molecule has 7 heteroatoms. The second-order valence-electron chi connectivity index (χ2n) is 5.20. The number of rotatable bonds is 6. The Balaban J connectivity index is 1.85. The Morgan fingerprint density at radius 2 is 2.16 bits per heavy atom. The quantitative estimate of drug-likeness (QED) is 0.524. The van der Waals surface area contributed by atoms with Gasteiger partial charge in [-0.1, -0.05) is 11.6 Å². The third-order valence-electron chi connectivity index (χ3n) is 3.45. The van der Waals surface area contributed by atoms with E-state index in [1.807, 2.05) is 12.1 Å². The molecule has 3 rings (SSSR count). The predicted octanol–water partition coefficient (Wildman–Crippen LogP) is 3.34. The Bertz CT molecular complexity index is 927. The lowest BCUT2D eigenvalue weighted by Crippen LogP contribution is -2.14. The van der Waals surface area contributed by atoms with Crippen molar-refractivity contribution in [1.29, 1.82) is 5.41 Å². The van der Waals surface area contributed by atoms with Crippen molar-refractivity contribution in [1.82, 2.24) is 20.3 Å². The standard InChI is InChI=1S/C18H16ClN5O/c1-21-10-14(15(20)11-25-13-3-2-6-22-9-13)12-7-17-16(23-8-12)4-5-18(19)24-17/h2-10,20-21H,11H2,1H3/b14-10-,20-15?. The highest BCUT2D eigenvalue weighted by molar-refractivity contribution is 6.29. The van der Waals surface area contributed by atoms with E-state index in [2.05, 4.69) is 20.3 Å². The van der Waals surface area contributed by atoms with E-state index in [1.54, 1.807) is 50.0 Å². The molecule has 0 fully saturated rings. The van der Waals surface area contributed by atoms with Crippen LogP contribution in [0.3, 0.4) is 0 Å². The fourth-order valence-electron chi connectivity index (χ4n) is 2.28. The van der Waals surface area contributed by atoms with Crippen molar-refractivity contribution in [3.8, 4) is 5.75 Å². The number of aromatic nitrogens is 3. The maximum absolute atomic E-state index is 8.36. The summed E-state index contributed by atoms with van der Waals surface area (Å²) in [4.78, 5) is 12.7. The first-order valence-electron chi connectivity index (χ1n) is 7.58. The van der Waals surface area contributed by atoms with Crippen LogP contribution in [0.1, 0.15) is 5.56 Å². The van der Waals surface area contributed by atoms with E-state index >= 15 is 0 Å². The maximum atomic E-state index is 8.36. The van der Waals surface area contributed by atoms with Gasteiger partial charge in [0.1, 0.15) is 17.5 Å². The van der Waals surface area contributed by atoms with Gasteiger partial charge in [0.25, 0.3) is 0 Å². The number of fused-ring (bicyclic) bond motifs is 1. The van der Waals surface area contributed by atoms with Gasteiger partial charge in [0.2, 0.25) is 0 Å². The van der Waals surface area contributed by atoms with Gasteiger partial charge in [-0.25, -0.2) is 4.98 Å². The van der Waals surface area contributed by atoms with Crippen molar-refractivity contribution < 1.29 is 4.74 Å². The zero-order valence-corrected chi connectivity index (χ0v) is 14.3. The molecule has 2 N–H and O–H groups in total.